The normalized spacial score (nSPS) is 18.2. The summed E-state index contributed by atoms with van der Waals surface area (Å²) in [4.78, 5) is 2.55. The van der Waals surface area contributed by atoms with E-state index in [1.165, 1.54) is 24.0 Å². The minimum absolute atomic E-state index is 0.576. The monoisotopic (exact) mass is 338 g/mol. The van der Waals surface area contributed by atoms with Crippen LogP contribution in [-0.4, -0.2) is 37.2 Å². The Bertz CT molecular complexity index is 682. The van der Waals surface area contributed by atoms with Crippen LogP contribution in [0.2, 0.25) is 0 Å². The van der Waals surface area contributed by atoms with Gasteiger partial charge in [0.2, 0.25) is 0 Å². The van der Waals surface area contributed by atoms with Crippen molar-refractivity contribution in [3.05, 3.63) is 59.7 Å². The molecule has 1 fully saturated rings. The van der Waals surface area contributed by atoms with E-state index >= 15 is 0 Å². The number of nitrogens with one attached hydrogen (secondary N) is 1. The zero-order valence-electron chi connectivity index (χ0n) is 14.6. The first-order chi connectivity index (χ1) is 12.4. The van der Waals surface area contributed by atoms with Gasteiger partial charge in [0, 0.05) is 24.7 Å². The van der Waals surface area contributed by atoms with E-state index < -0.39 is 0 Å². The van der Waals surface area contributed by atoms with Crippen LogP contribution in [0, 0.1) is 0 Å². The molecule has 25 heavy (non-hydrogen) atoms. The molecule has 1 N–H and O–H groups in total. The number of piperidine rings is 1. The van der Waals surface area contributed by atoms with Gasteiger partial charge in [-0.3, -0.25) is 4.90 Å². The molecule has 2 aromatic rings. The molecule has 0 aliphatic carbocycles. The van der Waals surface area contributed by atoms with Gasteiger partial charge in [0.15, 0.2) is 11.5 Å². The molecular formula is C21H26N2O2. The predicted molar refractivity (Wildman–Crippen MR) is 99.0 cm³/mol. The molecular weight excluding hydrogens is 312 g/mol. The largest absolute Gasteiger partial charge is 0.486 e. The molecule has 0 spiro atoms. The van der Waals surface area contributed by atoms with Crippen molar-refractivity contribution in [2.24, 2.45) is 0 Å². The number of para-hydroxylation sites is 1. The molecule has 4 nitrogen and oxygen atoms in total. The van der Waals surface area contributed by atoms with Crippen molar-refractivity contribution < 1.29 is 9.47 Å². The second-order valence-corrected chi connectivity index (χ2v) is 6.86. The van der Waals surface area contributed by atoms with Crippen LogP contribution >= 0.6 is 0 Å². The summed E-state index contributed by atoms with van der Waals surface area (Å²) in [6, 6.07) is 17.5. The fraction of sp³-hybridized carbons (Fsp3) is 0.429. The molecule has 132 valence electrons. The Morgan fingerprint density at radius 3 is 2.56 bits per heavy atom. The van der Waals surface area contributed by atoms with E-state index in [4.69, 9.17) is 9.47 Å². The third kappa shape index (κ3) is 4.14. The highest BCUT2D eigenvalue weighted by atomic mass is 16.6. The summed E-state index contributed by atoms with van der Waals surface area (Å²) in [7, 11) is 0. The molecule has 1 saturated heterocycles. The van der Waals surface area contributed by atoms with Gasteiger partial charge in [-0.25, -0.2) is 0 Å². The lowest BCUT2D eigenvalue weighted by molar-refractivity contribution is 0.168. The van der Waals surface area contributed by atoms with Crippen molar-refractivity contribution in [3.8, 4) is 11.5 Å². The van der Waals surface area contributed by atoms with Gasteiger partial charge < -0.3 is 14.8 Å². The number of likely N-dealkylation sites (tertiary alicyclic amines) is 1. The molecule has 2 aliphatic rings. The molecule has 0 radical (unpaired) electrons. The summed E-state index contributed by atoms with van der Waals surface area (Å²) in [6.07, 6.45) is 2.39. The van der Waals surface area contributed by atoms with Gasteiger partial charge in [0.25, 0.3) is 0 Å². The van der Waals surface area contributed by atoms with Crippen molar-refractivity contribution in [2.45, 2.75) is 32.0 Å². The second-order valence-electron chi connectivity index (χ2n) is 6.86. The van der Waals surface area contributed by atoms with Crippen LogP contribution in [0.1, 0.15) is 24.0 Å². The van der Waals surface area contributed by atoms with Gasteiger partial charge in [-0.05, 0) is 37.6 Å². The van der Waals surface area contributed by atoms with Crippen LogP contribution in [0.5, 0.6) is 11.5 Å². The van der Waals surface area contributed by atoms with E-state index in [0.717, 1.165) is 37.7 Å². The first-order valence-corrected chi connectivity index (χ1v) is 9.25. The SMILES string of the molecule is c1ccc(CN2CCC(NCc3cccc4c3OCCO4)CC2)cc1. The molecule has 0 saturated carbocycles. The van der Waals surface area contributed by atoms with Crippen LogP contribution in [0.15, 0.2) is 48.5 Å². The zero-order valence-corrected chi connectivity index (χ0v) is 14.6. The molecule has 4 rings (SSSR count). The van der Waals surface area contributed by atoms with Gasteiger partial charge in [-0.1, -0.05) is 42.5 Å². The number of fused-ring (bicyclic) bond motifs is 1. The van der Waals surface area contributed by atoms with Crippen LogP contribution in [0.4, 0.5) is 0 Å². The Kier molecular flexibility index (Phi) is 5.19. The molecule has 0 atom stereocenters. The summed E-state index contributed by atoms with van der Waals surface area (Å²) < 4.78 is 11.5. The minimum Gasteiger partial charge on any atom is -0.486 e. The van der Waals surface area contributed by atoms with Gasteiger partial charge in [0.05, 0.1) is 0 Å². The topological polar surface area (TPSA) is 33.7 Å². The van der Waals surface area contributed by atoms with Crippen LogP contribution < -0.4 is 14.8 Å². The second kappa shape index (κ2) is 7.89. The standard InChI is InChI=1S/C21H26N2O2/c1-2-5-17(6-3-1)16-23-11-9-19(10-12-23)22-15-18-7-4-8-20-21(18)25-14-13-24-20/h1-8,19,22H,9-16H2. The number of hydrogen-bond donors (Lipinski definition) is 1. The van der Waals surface area contributed by atoms with E-state index in [2.05, 4.69) is 46.6 Å². The van der Waals surface area contributed by atoms with Gasteiger partial charge in [-0.15, -0.1) is 0 Å². The maximum absolute atomic E-state index is 5.80. The maximum atomic E-state index is 5.80. The van der Waals surface area contributed by atoms with E-state index in [1.807, 2.05) is 12.1 Å². The predicted octanol–water partition coefficient (Wildman–Crippen LogP) is 3.21. The number of hydrogen-bond acceptors (Lipinski definition) is 4. The van der Waals surface area contributed by atoms with E-state index in [0.29, 0.717) is 19.3 Å². The molecule has 2 aromatic carbocycles. The average molecular weight is 338 g/mol. The summed E-state index contributed by atoms with van der Waals surface area (Å²) in [5, 5.41) is 3.71. The number of ether oxygens (including phenoxy) is 2. The Labute approximate surface area is 149 Å². The maximum Gasteiger partial charge on any atom is 0.165 e. The summed E-state index contributed by atoms with van der Waals surface area (Å²) >= 11 is 0. The zero-order chi connectivity index (χ0) is 16.9. The van der Waals surface area contributed by atoms with Crippen molar-refractivity contribution >= 4 is 0 Å². The van der Waals surface area contributed by atoms with Crippen molar-refractivity contribution in [1.29, 1.82) is 0 Å². The van der Waals surface area contributed by atoms with Crippen molar-refractivity contribution in [3.63, 3.8) is 0 Å². The van der Waals surface area contributed by atoms with Gasteiger partial charge in [-0.2, -0.15) is 0 Å². The lowest BCUT2D eigenvalue weighted by atomic mass is 10.0. The highest BCUT2D eigenvalue weighted by molar-refractivity contribution is 5.47. The Morgan fingerprint density at radius 2 is 1.72 bits per heavy atom. The van der Waals surface area contributed by atoms with Gasteiger partial charge in [0.1, 0.15) is 13.2 Å². The van der Waals surface area contributed by atoms with E-state index in [9.17, 15) is 0 Å². The fourth-order valence-electron chi connectivity index (χ4n) is 3.66. The molecule has 2 heterocycles. The van der Waals surface area contributed by atoms with Crippen molar-refractivity contribution in [1.82, 2.24) is 10.2 Å². The minimum atomic E-state index is 0.576. The van der Waals surface area contributed by atoms with Crippen molar-refractivity contribution in [2.75, 3.05) is 26.3 Å². The number of nitrogens with zero attached hydrogens (tertiary/aromatic N) is 1. The summed E-state index contributed by atoms with van der Waals surface area (Å²) in [6.45, 7) is 5.49. The molecule has 0 bridgehead atoms. The molecule has 0 unspecified atom stereocenters. The fourth-order valence-corrected chi connectivity index (χ4v) is 3.66. The molecule has 0 aromatic heterocycles. The highest BCUT2D eigenvalue weighted by Gasteiger charge is 2.20. The molecule has 2 aliphatic heterocycles. The summed E-state index contributed by atoms with van der Waals surface area (Å²) in [5.41, 5.74) is 2.60. The average Bonchev–Trinajstić information content (AvgIpc) is 2.68. The van der Waals surface area contributed by atoms with Crippen LogP contribution in [0.25, 0.3) is 0 Å². The smallest absolute Gasteiger partial charge is 0.165 e. The first kappa shape index (κ1) is 16.4. The molecule has 4 heteroatoms. The quantitative estimate of drug-likeness (QED) is 0.908. The third-order valence-electron chi connectivity index (χ3n) is 5.07. The molecule has 0 amide bonds. The Hall–Kier alpha value is -2.04. The van der Waals surface area contributed by atoms with Crippen LogP contribution in [0.3, 0.4) is 0 Å². The number of rotatable bonds is 5. The summed E-state index contributed by atoms with van der Waals surface area (Å²) in [5.74, 6) is 1.80. The Balaban J connectivity index is 1.27. The highest BCUT2D eigenvalue weighted by Crippen LogP contribution is 2.33. The lowest BCUT2D eigenvalue weighted by Gasteiger charge is -2.32. The lowest BCUT2D eigenvalue weighted by Crippen LogP contribution is -2.41. The van der Waals surface area contributed by atoms with E-state index in [1.54, 1.807) is 0 Å². The first-order valence-electron chi connectivity index (χ1n) is 9.25. The third-order valence-corrected chi connectivity index (χ3v) is 5.07. The Morgan fingerprint density at radius 1 is 0.920 bits per heavy atom. The number of benzene rings is 2. The van der Waals surface area contributed by atoms with Gasteiger partial charge >= 0.3 is 0 Å². The van der Waals surface area contributed by atoms with E-state index in [-0.39, 0.29) is 0 Å². The van der Waals surface area contributed by atoms with Crippen LogP contribution in [-0.2, 0) is 13.1 Å².